The minimum atomic E-state index is -0.631. The van der Waals surface area contributed by atoms with Crippen LogP contribution in [0.15, 0.2) is 304 Å². The number of aromatic nitrogens is 6. The number of esters is 4. The smallest absolute Gasteiger partial charge is 0.343 e. The summed E-state index contributed by atoms with van der Waals surface area (Å²) in [4.78, 5) is 88.8. The van der Waals surface area contributed by atoms with Crippen LogP contribution in [0.25, 0.3) is 112 Å². The van der Waals surface area contributed by atoms with Crippen LogP contribution in [0.3, 0.4) is 0 Å². The van der Waals surface area contributed by atoms with E-state index in [0.29, 0.717) is 72.6 Å². The van der Waals surface area contributed by atoms with Crippen LogP contribution < -0.4 is 18.9 Å². The van der Waals surface area contributed by atoms with Gasteiger partial charge in [0.15, 0.2) is 0 Å². The SMILES string of the molecule is CC(C)Cc1cc(-c2ccccn2)ccc1OC(=O)c1cc(C(=O)Oc2ccc(-c3ccccn3)cc2CC(C)C)cc(-c2ccccc2-c2ccc(-c3cc(-c4ccc(-c5ccccc5-c5cc(C(=O)Oc6ccc(-c7ccccn7)cc6CC(C)C)cc(C(=O)Oc6ccc(-c7ccccn7)cc6CC(C)C)c5)c(CC(C)C)c4)ncn3)cc2CC(C)C)c1. The van der Waals surface area contributed by atoms with Crippen molar-refractivity contribution in [2.24, 2.45) is 35.5 Å². The summed E-state index contributed by atoms with van der Waals surface area (Å²) in [5, 5.41) is 0. The Kier molecular flexibility index (Phi) is 27.2. The molecule has 5 heterocycles. The van der Waals surface area contributed by atoms with E-state index in [4.69, 9.17) is 28.9 Å². The Hall–Kier alpha value is -14.2. The molecule has 0 saturated heterocycles. The Balaban J connectivity index is 0.773. The fourth-order valence-corrected chi connectivity index (χ4v) is 16.4. The summed E-state index contributed by atoms with van der Waals surface area (Å²) in [5.41, 5.74) is 22.9. The van der Waals surface area contributed by atoms with Crippen LogP contribution in [-0.4, -0.2) is 53.8 Å². The molecule has 126 heavy (non-hydrogen) atoms. The van der Waals surface area contributed by atoms with Crippen molar-refractivity contribution in [1.82, 2.24) is 29.9 Å². The maximum Gasteiger partial charge on any atom is 0.343 e. The fourth-order valence-electron chi connectivity index (χ4n) is 16.4. The highest BCUT2D eigenvalue weighted by Crippen LogP contribution is 2.43. The van der Waals surface area contributed by atoms with Crippen molar-refractivity contribution in [2.45, 2.75) is 122 Å². The Morgan fingerprint density at radius 2 is 0.452 bits per heavy atom. The van der Waals surface area contributed by atoms with Gasteiger partial charge in [-0.15, -0.1) is 0 Å². The first-order valence-corrected chi connectivity index (χ1v) is 43.6. The molecule has 14 heteroatoms. The van der Waals surface area contributed by atoms with Crippen LogP contribution in [0.1, 0.15) is 158 Å². The van der Waals surface area contributed by atoms with Gasteiger partial charge in [0.1, 0.15) is 29.3 Å². The average Bonchev–Trinajstić information content (AvgIpc) is 0.756. The van der Waals surface area contributed by atoms with Gasteiger partial charge in [-0.25, -0.2) is 29.1 Å². The zero-order valence-electron chi connectivity index (χ0n) is 73.5. The first kappa shape index (κ1) is 86.7. The largest absolute Gasteiger partial charge is 0.423 e. The molecule has 14 nitrogen and oxygen atoms in total. The van der Waals surface area contributed by atoms with Gasteiger partial charge < -0.3 is 18.9 Å². The minimum Gasteiger partial charge on any atom is -0.423 e. The lowest BCUT2D eigenvalue weighted by Crippen LogP contribution is -2.15. The highest BCUT2D eigenvalue weighted by Gasteiger charge is 2.27. The molecule has 15 aromatic rings. The summed E-state index contributed by atoms with van der Waals surface area (Å²) in [6, 6.07) is 87.9. The number of hydrogen-bond donors (Lipinski definition) is 0. The van der Waals surface area contributed by atoms with Gasteiger partial charge in [0.2, 0.25) is 0 Å². The third kappa shape index (κ3) is 21.2. The highest BCUT2D eigenvalue weighted by atomic mass is 16.5. The number of ether oxygens (including phenoxy) is 4. The van der Waals surface area contributed by atoms with Crippen LogP contribution >= 0.6 is 0 Å². The maximum atomic E-state index is 15.1. The summed E-state index contributed by atoms with van der Waals surface area (Å²) < 4.78 is 25.8. The molecule has 0 aliphatic heterocycles. The zero-order chi connectivity index (χ0) is 88.1. The van der Waals surface area contributed by atoms with E-state index in [1.54, 1.807) is 43.2 Å². The van der Waals surface area contributed by atoms with Crippen molar-refractivity contribution in [3.8, 4) is 135 Å². The molecule has 15 rings (SSSR count). The predicted molar refractivity (Wildman–Crippen MR) is 504 cm³/mol. The molecular formula is C112H104N6O8. The number of carbonyl (C=O) groups is 4. The van der Waals surface area contributed by atoms with E-state index in [1.807, 2.05) is 212 Å². The van der Waals surface area contributed by atoms with Gasteiger partial charge in [-0.1, -0.05) is 180 Å². The molecule has 0 aliphatic carbocycles. The molecule has 0 unspecified atom stereocenters. The molecule has 0 fully saturated rings. The predicted octanol–water partition coefficient (Wildman–Crippen LogP) is 26.8. The summed E-state index contributed by atoms with van der Waals surface area (Å²) >= 11 is 0. The van der Waals surface area contributed by atoms with Gasteiger partial charge in [-0.05, 0) is 328 Å². The number of rotatable bonds is 30. The quantitative estimate of drug-likeness (QED) is 0.0306. The van der Waals surface area contributed by atoms with Crippen LogP contribution in [0.4, 0.5) is 0 Å². The number of hydrogen-bond acceptors (Lipinski definition) is 14. The van der Waals surface area contributed by atoms with E-state index in [-0.39, 0.29) is 57.8 Å². The normalized spacial score (nSPS) is 11.4. The van der Waals surface area contributed by atoms with Crippen molar-refractivity contribution < 1.29 is 38.1 Å². The van der Waals surface area contributed by atoms with E-state index in [2.05, 4.69) is 152 Å². The zero-order valence-corrected chi connectivity index (χ0v) is 73.5. The molecule has 0 aliphatic rings. The highest BCUT2D eigenvalue weighted by molar-refractivity contribution is 6.02. The third-order valence-electron chi connectivity index (χ3n) is 22.0. The number of pyridine rings is 4. The Bertz CT molecular complexity index is 5820. The third-order valence-corrected chi connectivity index (χ3v) is 22.0. The van der Waals surface area contributed by atoms with Crippen LogP contribution in [-0.2, 0) is 38.5 Å². The molecule has 630 valence electrons. The molecule has 0 N–H and O–H groups in total. The van der Waals surface area contributed by atoms with Gasteiger partial charge in [-0.3, -0.25) is 19.9 Å². The standard InChI is InChI=1S/C112H104N6O8/c1-69(2)49-81-55-79(33-39-95(81)97-27-15-13-25-93(97)83-61-89(109(119)123-105-41-35-75(57-85(105)51-71(5)6)99-29-17-21-45-113-99)65-90(62-83)110(120)124-106-42-36-76(58-86(106)52-72(7)8)100-30-18-22-46-114-100)103-67-104(118-68-117-103)80-34-40-96(82(56-80)50-70(3)4)98-28-16-14-26-94(98)84-63-91(111(121)125-107-43-37-77(59-87(107)53-73(9)10)101-31-19-23-47-115-101)66-92(64-84)112(122)126-108-44-38-78(60-88(108)54-74(11)12)102-32-20-24-48-116-102/h13-48,55-74H,49-54H2,1-12H3. The monoisotopic (exact) mass is 1660 g/mol. The van der Waals surface area contributed by atoms with E-state index >= 15 is 19.2 Å². The van der Waals surface area contributed by atoms with Crippen LogP contribution in [0.5, 0.6) is 23.0 Å². The molecular weight excluding hydrogens is 1560 g/mol. The lowest BCUT2D eigenvalue weighted by atomic mass is 9.86. The first-order chi connectivity index (χ1) is 61.0. The lowest BCUT2D eigenvalue weighted by molar-refractivity contribution is 0.0714. The van der Waals surface area contributed by atoms with Gasteiger partial charge in [0.25, 0.3) is 0 Å². The van der Waals surface area contributed by atoms with Crippen molar-refractivity contribution in [3.05, 3.63) is 360 Å². The Labute approximate surface area is 739 Å². The van der Waals surface area contributed by atoms with E-state index in [1.165, 1.54) is 0 Å². The summed E-state index contributed by atoms with van der Waals surface area (Å²) in [6.45, 7) is 25.9. The fraction of sp³-hybridized carbons (Fsp3) is 0.214. The minimum absolute atomic E-state index is 0.170. The van der Waals surface area contributed by atoms with Gasteiger partial charge in [0, 0.05) is 58.2 Å². The van der Waals surface area contributed by atoms with Crippen molar-refractivity contribution in [1.29, 1.82) is 0 Å². The molecule has 10 aromatic carbocycles. The van der Waals surface area contributed by atoms with Gasteiger partial charge in [0.05, 0.1) is 56.4 Å². The molecule has 5 aromatic heterocycles. The van der Waals surface area contributed by atoms with Gasteiger partial charge >= 0.3 is 23.9 Å². The lowest BCUT2D eigenvalue weighted by Gasteiger charge is -2.19. The average molecular weight is 1660 g/mol. The van der Waals surface area contributed by atoms with E-state index in [0.717, 1.165) is 134 Å². The topological polar surface area (TPSA) is 183 Å². The maximum absolute atomic E-state index is 15.1. The second kappa shape index (κ2) is 39.5. The summed E-state index contributed by atoms with van der Waals surface area (Å²) in [5.74, 6) is 0.561. The first-order valence-electron chi connectivity index (χ1n) is 43.6. The van der Waals surface area contributed by atoms with Crippen molar-refractivity contribution in [2.75, 3.05) is 0 Å². The Morgan fingerprint density at radius 1 is 0.214 bits per heavy atom. The van der Waals surface area contributed by atoms with Crippen molar-refractivity contribution in [3.63, 3.8) is 0 Å². The molecule has 0 amide bonds. The number of carbonyl (C=O) groups excluding carboxylic acids is 4. The molecule has 0 saturated carbocycles. The second-order valence-corrected chi connectivity index (χ2v) is 35.0. The molecule has 0 radical (unpaired) electrons. The van der Waals surface area contributed by atoms with E-state index in [9.17, 15) is 0 Å². The van der Waals surface area contributed by atoms with Crippen LogP contribution in [0.2, 0.25) is 0 Å². The second-order valence-electron chi connectivity index (χ2n) is 35.0. The summed E-state index contributed by atoms with van der Waals surface area (Å²) in [7, 11) is 0. The van der Waals surface area contributed by atoms with Crippen LogP contribution in [0, 0.1) is 35.5 Å². The van der Waals surface area contributed by atoms with E-state index < -0.39 is 23.9 Å². The molecule has 0 atom stereocenters. The number of benzene rings is 10. The van der Waals surface area contributed by atoms with Crippen molar-refractivity contribution >= 4 is 23.9 Å². The van der Waals surface area contributed by atoms with Gasteiger partial charge in [-0.2, -0.15) is 0 Å². The molecule has 0 spiro atoms. The summed E-state index contributed by atoms with van der Waals surface area (Å²) in [6.07, 6.45) is 12.6. The Morgan fingerprint density at radius 3 is 0.714 bits per heavy atom. The molecule has 0 bridgehead atoms. The number of nitrogens with zero attached hydrogens (tertiary/aromatic N) is 6.